The molecule has 0 heterocycles. The van der Waals surface area contributed by atoms with Gasteiger partial charge in [-0.3, -0.25) is 0 Å². The summed E-state index contributed by atoms with van der Waals surface area (Å²) < 4.78 is 0. The molecule has 0 rings (SSSR count). The van der Waals surface area contributed by atoms with E-state index < -0.39 is 0 Å². The van der Waals surface area contributed by atoms with E-state index in [1.807, 2.05) is 13.8 Å². The molecule has 0 aliphatic carbocycles. The van der Waals surface area contributed by atoms with Gasteiger partial charge < -0.3 is 5.32 Å². The summed E-state index contributed by atoms with van der Waals surface area (Å²) in [6, 6.07) is 0. The van der Waals surface area contributed by atoms with Crippen LogP contribution in [-0.2, 0) is 0 Å². The van der Waals surface area contributed by atoms with E-state index in [2.05, 4.69) is 19.2 Å². The smallest absolute Gasteiger partial charge is 0.0763 e. The van der Waals surface area contributed by atoms with Gasteiger partial charge >= 0.3 is 0 Å². The highest BCUT2D eigenvalue weighted by molar-refractivity contribution is 7.80. The number of hydrogen-bond acceptors (Lipinski definition) is 1. The van der Waals surface area contributed by atoms with Gasteiger partial charge in [-0.2, -0.15) is 0 Å². The van der Waals surface area contributed by atoms with E-state index in [1.54, 1.807) is 0 Å². The monoisotopic (exact) mass is 143 g/mol. The van der Waals surface area contributed by atoms with Gasteiger partial charge in [0.05, 0.1) is 4.99 Å². The third-order valence-corrected chi connectivity index (χ3v) is 1.22. The minimum atomic E-state index is 0.828. The first-order valence-corrected chi connectivity index (χ1v) is 3.36. The summed E-state index contributed by atoms with van der Waals surface area (Å²) in [5.74, 6) is 0. The van der Waals surface area contributed by atoms with Crippen molar-refractivity contribution in [1.82, 2.24) is 5.32 Å². The first-order chi connectivity index (χ1) is 4.04. The van der Waals surface area contributed by atoms with E-state index in [1.165, 1.54) is 5.57 Å². The van der Waals surface area contributed by atoms with Crippen LogP contribution in [0.25, 0.3) is 0 Å². The standard InChI is InChI=1S/C7H13NS/c1-5(2)6(3)8-7(4)9/h1-4H3,(H,8,9). The molecule has 52 valence electrons. The number of hydrogen-bond donors (Lipinski definition) is 1. The fourth-order valence-electron chi connectivity index (χ4n) is 0.389. The molecule has 1 N–H and O–H groups in total. The molecular formula is C7H13NS. The molecule has 0 radical (unpaired) electrons. The second kappa shape index (κ2) is 3.62. The van der Waals surface area contributed by atoms with Crippen molar-refractivity contribution in [3.8, 4) is 0 Å². The Bertz CT molecular complexity index is 143. The Morgan fingerprint density at radius 1 is 1.11 bits per heavy atom. The van der Waals surface area contributed by atoms with Crippen LogP contribution in [0.3, 0.4) is 0 Å². The number of nitrogens with one attached hydrogen (secondary N) is 1. The lowest BCUT2D eigenvalue weighted by Crippen LogP contribution is -2.15. The van der Waals surface area contributed by atoms with Crippen molar-refractivity contribution in [3.63, 3.8) is 0 Å². The van der Waals surface area contributed by atoms with Crippen LogP contribution < -0.4 is 5.32 Å². The van der Waals surface area contributed by atoms with E-state index in [4.69, 9.17) is 12.2 Å². The zero-order chi connectivity index (χ0) is 7.44. The van der Waals surface area contributed by atoms with Gasteiger partial charge in [0.2, 0.25) is 0 Å². The summed E-state index contributed by atoms with van der Waals surface area (Å²) in [6.07, 6.45) is 0. The first-order valence-electron chi connectivity index (χ1n) is 2.95. The van der Waals surface area contributed by atoms with Crippen LogP contribution in [0.5, 0.6) is 0 Å². The molecule has 0 bridgehead atoms. The molecule has 0 spiro atoms. The van der Waals surface area contributed by atoms with Gasteiger partial charge in [-0.25, -0.2) is 0 Å². The Labute approximate surface area is 62.1 Å². The van der Waals surface area contributed by atoms with Crippen LogP contribution in [0, 0.1) is 0 Å². The van der Waals surface area contributed by atoms with Crippen molar-refractivity contribution in [2.24, 2.45) is 0 Å². The number of rotatable bonds is 1. The van der Waals surface area contributed by atoms with E-state index in [0.717, 1.165) is 10.7 Å². The van der Waals surface area contributed by atoms with Crippen molar-refractivity contribution < 1.29 is 0 Å². The Morgan fingerprint density at radius 3 is 1.67 bits per heavy atom. The van der Waals surface area contributed by atoms with Gasteiger partial charge in [-0.05, 0) is 27.7 Å². The molecule has 0 aromatic heterocycles. The Morgan fingerprint density at radius 2 is 1.56 bits per heavy atom. The maximum absolute atomic E-state index is 4.85. The largest absolute Gasteiger partial charge is 0.354 e. The van der Waals surface area contributed by atoms with Crippen LogP contribution in [0.1, 0.15) is 27.7 Å². The van der Waals surface area contributed by atoms with Gasteiger partial charge in [0.25, 0.3) is 0 Å². The molecule has 0 saturated heterocycles. The van der Waals surface area contributed by atoms with E-state index >= 15 is 0 Å². The second-order valence-electron chi connectivity index (χ2n) is 2.31. The Kier molecular flexibility index (Phi) is 3.47. The van der Waals surface area contributed by atoms with Crippen molar-refractivity contribution in [2.75, 3.05) is 0 Å². The fourth-order valence-corrected chi connectivity index (χ4v) is 0.542. The summed E-state index contributed by atoms with van der Waals surface area (Å²) in [5, 5.41) is 3.05. The summed E-state index contributed by atoms with van der Waals surface area (Å²) in [6.45, 7) is 8.01. The van der Waals surface area contributed by atoms with Gasteiger partial charge in [0, 0.05) is 5.70 Å². The molecule has 0 aromatic rings. The topological polar surface area (TPSA) is 12.0 Å². The summed E-state index contributed by atoms with van der Waals surface area (Å²) in [5.41, 5.74) is 2.43. The van der Waals surface area contributed by atoms with E-state index in [-0.39, 0.29) is 0 Å². The van der Waals surface area contributed by atoms with Crippen LogP contribution in [-0.4, -0.2) is 4.99 Å². The molecule has 0 unspecified atom stereocenters. The third-order valence-electron chi connectivity index (χ3n) is 1.11. The summed E-state index contributed by atoms with van der Waals surface area (Å²) in [7, 11) is 0. The molecule has 0 amide bonds. The van der Waals surface area contributed by atoms with Crippen LogP contribution >= 0.6 is 12.2 Å². The minimum Gasteiger partial charge on any atom is -0.354 e. The van der Waals surface area contributed by atoms with Crippen molar-refractivity contribution in [1.29, 1.82) is 0 Å². The van der Waals surface area contributed by atoms with Gasteiger partial charge in [-0.1, -0.05) is 17.8 Å². The predicted molar refractivity (Wildman–Crippen MR) is 45.5 cm³/mol. The molecule has 0 saturated carbocycles. The molecule has 0 aliphatic heterocycles. The Hall–Kier alpha value is -0.370. The Balaban J connectivity index is 3.92. The number of allylic oxidation sites excluding steroid dienone is 2. The van der Waals surface area contributed by atoms with Gasteiger partial charge in [0.1, 0.15) is 0 Å². The van der Waals surface area contributed by atoms with Gasteiger partial charge in [0.15, 0.2) is 0 Å². The number of thiocarbonyl (C=S) groups is 1. The van der Waals surface area contributed by atoms with Crippen molar-refractivity contribution in [3.05, 3.63) is 11.3 Å². The highest BCUT2D eigenvalue weighted by Gasteiger charge is 1.89. The molecule has 0 aromatic carbocycles. The molecular weight excluding hydrogens is 130 g/mol. The SMILES string of the molecule is CC(=S)NC(C)=C(C)C. The second-order valence-corrected chi connectivity index (χ2v) is 2.92. The average molecular weight is 143 g/mol. The fraction of sp³-hybridized carbons (Fsp3) is 0.571. The lowest BCUT2D eigenvalue weighted by molar-refractivity contribution is 1.07. The molecule has 0 aliphatic rings. The van der Waals surface area contributed by atoms with Crippen molar-refractivity contribution >= 4 is 17.2 Å². The maximum atomic E-state index is 4.85. The maximum Gasteiger partial charge on any atom is 0.0763 e. The van der Waals surface area contributed by atoms with Crippen LogP contribution in [0.4, 0.5) is 0 Å². The summed E-state index contributed by atoms with van der Waals surface area (Å²) >= 11 is 4.85. The lowest BCUT2D eigenvalue weighted by Gasteiger charge is -2.04. The quantitative estimate of drug-likeness (QED) is 0.565. The molecule has 0 fully saturated rings. The minimum absolute atomic E-state index is 0.828. The van der Waals surface area contributed by atoms with Crippen LogP contribution in [0.2, 0.25) is 0 Å². The average Bonchev–Trinajstić information content (AvgIpc) is 1.63. The zero-order valence-corrected chi connectivity index (χ0v) is 7.22. The van der Waals surface area contributed by atoms with Crippen molar-refractivity contribution in [2.45, 2.75) is 27.7 Å². The lowest BCUT2D eigenvalue weighted by atomic mass is 10.3. The van der Waals surface area contributed by atoms with E-state index in [9.17, 15) is 0 Å². The molecule has 1 nitrogen and oxygen atoms in total. The molecule has 0 atom stereocenters. The van der Waals surface area contributed by atoms with E-state index in [0.29, 0.717) is 0 Å². The highest BCUT2D eigenvalue weighted by Crippen LogP contribution is 1.96. The summed E-state index contributed by atoms with van der Waals surface area (Å²) in [4.78, 5) is 0.828. The molecule has 9 heavy (non-hydrogen) atoms. The van der Waals surface area contributed by atoms with Gasteiger partial charge in [-0.15, -0.1) is 0 Å². The third kappa shape index (κ3) is 4.15. The normalized spacial score (nSPS) is 8.44. The highest BCUT2D eigenvalue weighted by atomic mass is 32.1. The zero-order valence-electron chi connectivity index (χ0n) is 6.41. The molecule has 2 heteroatoms. The predicted octanol–water partition coefficient (Wildman–Crippen LogP) is 2.24. The first kappa shape index (κ1) is 8.63. The van der Waals surface area contributed by atoms with Crippen LogP contribution in [0.15, 0.2) is 11.3 Å².